The number of benzene rings is 1. The molecular weight excluding hydrogens is 428 g/mol. The van der Waals surface area contributed by atoms with E-state index in [-0.39, 0.29) is 18.8 Å². The molecule has 2 fully saturated rings. The highest BCUT2D eigenvalue weighted by atomic mass is 16.5. The van der Waals surface area contributed by atoms with Crippen molar-refractivity contribution in [3.63, 3.8) is 0 Å². The summed E-state index contributed by atoms with van der Waals surface area (Å²) in [7, 11) is 0. The molecule has 0 spiro atoms. The van der Waals surface area contributed by atoms with Crippen molar-refractivity contribution in [1.29, 1.82) is 5.26 Å². The van der Waals surface area contributed by atoms with E-state index in [0.717, 1.165) is 60.7 Å². The summed E-state index contributed by atoms with van der Waals surface area (Å²) in [5.74, 6) is 0. The molecule has 2 aliphatic heterocycles. The fourth-order valence-corrected chi connectivity index (χ4v) is 4.98. The Morgan fingerprint density at radius 2 is 2.03 bits per heavy atom. The first-order valence-corrected chi connectivity index (χ1v) is 11.8. The van der Waals surface area contributed by atoms with Crippen LogP contribution in [0.25, 0.3) is 10.9 Å². The number of pyridine rings is 2. The summed E-state index contributed by atoms with van der Waals surface area (Å²) in [4.78, 5) is 13.5. The fourth-order valence-electron chi connectivity index (χ4n) is 4.98. The van der Waals surface area contributed by atoms with E-state index in [2.05, 4.69) is 44.1 Å². The second-order valence-electron chi connectivity index (χ2n) is 9.24. The van der Waals surface area contributed by atoms with E-state index in [4.69, 9.17) is 4.74 Å². The van der Waals surface area contributed by atoms with Crippen molar-refractivity contribution in [3.8, 4) is 6.07 Å². The zero-order chi connectivity index (χ0) is 23.7. The Kier molecular flexibility index (Phi) is 6.33. The lowest BCUT2D eigenvalue weighted by molar-refractivity contribution is -0.0161. The maximum Gasteiger partial charge on any atom is 0.101 e. The monoisotopic (exact) mass is 458 g/mol. The first kappa shape index (κ1) is 22.5. The highest BCUT2D eigenvalue weighted by Crippen LogP contribution is 2.30. The number of nitrogens with zero attached hydrogens (tertiary/aromatic N) is 5. The number of ether oxygens (including phenoxy) is 1. The van der Waals surface area contributed by atoms with Crippen LogP contribution in [0.1, 0.15) is 23.9 Å². The molecule has 0 amide bonds. The van der Waals surface area contributed by atoms with E-state index in [1.54, 1.807) is 6.20 Å². The molecule has 0 saturated carbocycles. The Hall–Kier alpha value is -3.25. The van der Waals surface area contributed by atoms with E-state index >= 15 is 0 Å². The van der Waals surface area contributed by atoms with Crippen molar-refractivity contribution < 1.29 is 9.84 Å². The first-order chi connectivity index (χ1) is 16.5. The van der Waals surface area contributed by atoms with Crippen LogP contribution in [0, 0.1) is 18.3 Å². The van der Waals surface area contributed by atoms with Crippen LogP contribution in [0.15, 0.2) is 42.6 Å². The lowest BCUT2D eigenvalue weighted by atomic mass is 10.1. The Morgan fingerprint density at radius 1 is 1.18 bits per heavy atom. The molecule has 1 aromatic carbocycles. The molecule has 2 aromatic heterocycles. The summed E-state index contributed by atoms with van der Waals surface area (Å²) in [5, 5.41) is 23.5. The minimum atomic E-state index is -0.0392. The highest BCUT2D eigenvalue weighted by Gasteiger charge is 2.31. The maximum absolute atomic E-state index is 9.45. The van der Waals surface area contributed by atoms with Gasteiger partial charge in [0.25, 0.3) is 0 Å². The van der Waals surface area contributed by atoms with Crippen molar-refractivity contribution in [2.45, 2.75) is 38.7 Å². The molecule has 2 unspecified atom stereocenters. The average molecular weight is 459 g/mol. The molecule has 3 aromatic rings. The third kappa shape index (κ3) is 4.55. The molecule has 5 rings (SSSR count). The van der Waals surface area contributed by atoms with Crippen molar-refractivity contribution >= 4 is 22.3 Å². The number of aliphatic hydroxyl groups is 1. The van der Waals surface area contributed by atoms with Gasteiger partial charge in [-0.05, 0) is 50.2 Å². The standard InChI is InChI=1S/C26H30N6O2/c1-17-8-22(9-20(16-33)30-17)31-13-21(14-31)29-11-23-15-32(12-18(2)34-23)25-6-5-19(10-27)26-24(25)4-3-7-28-26/h3-9,18,21,23,29,33H,11-16H2,1-2H3. The number of nitriles is 1. The van der Waals surface area contributed by atoms with Gasteiger partial charge in [-0.2, -0.15) is 5.26 Å². The SMILES string of the molecule is Cc1cc(N2CC(NCC3CN(c4ccc(C#N)c5ncccc45)CC(C)O3)C2)cc(CO)n1. The third-order valence-electron chi connectivity index (χ3n) is 6.57. The minimum Gasteiger partial charge on any atom is -0.390 e. The van der Waals surface area contributed by atoms with E-state index in [1.807, 2.05) is 37.3 Å². The largest absolute Gasteiger partial charge is 0.390 e. The topological polar surface area (TPSA) is 97.5 Å². The predicted octanol–water partition coefficient (Wildman–Crippen LogP) is 2.37. The molecule has 4 heterocycles. The number of fused-ring (bicyclic) bond motifs is 1. The molecule has 2 N–H and O–H groups in total. The van der Waals surface area contributed by atoms with E-state index in [1.165, 1.54) is 0 Å². The number of hydrogen-bond donors (Lipinski definition) is 2. The number of rotatable bonds is 6. The van der Waals surface area contributed by atoms with Gasteiger partial charge >= 0.3 is 0 Å². The van der Waals surface area contributed by atoms with Crippen LogP contribution in [0.3, 0.4) is 0 Å². The zero-order valence-corrected chi connectivity index (χ0v) is 19.6. The molecule has 0 aliphatic carbocycles. The van der Waals surface area contributed by atoms with Crippen LogP contribution in [0.2, 0.25) is 0 Å². The van der Waals surface area contributed by atoms with Gasteiger partial charge in [0.2, 0.25) is 0 Å². The summed E-state index contributed by atoms with van der Waals surface area (Å²) in [6.45, 7) is 8.24. The number of aliphatic hydroxyl groups excluding tert-OH is 1. The summed E-state index contributed by atoms with van der Waals surface area (Å²) >= 11 is 0. The predicted molar refractivity (Wildman–Crippen MR) is 132 cm³/mol. The van der Waals surface area contributed by atoms with Crippen molar-refractivity contribution in [2.24, 2.45) is 0 Å². The molecule has 8 heteroatoms. The Balaban J connectivity index is 1.21. The van der Waals surface area contributed by atoms with E-state index in [0.29, 0.717) is 17.3 Å². The van der Waals surface area contributed by atoms with Crippen molar-refractivity contribution in [3.05, 3.63) is 59.5 Å². The van der Waals surface area contributed by atoms with Gasteiger partial charge in [0, 0.05) is 67.4 Å². The second-order valence-corrected chi connectivity index (χ2v) is 9.24. The normalized spacial score (nSPS) is 20.9. The van der Waals surface area contributed by atoms with Crippen LogP contribution < -0.4 is 15.1 Å². The molecule has 8 nitrogen and oxygen atoms in total. The molecule has 34 heavy (non-hydrogen) atoms. The van der Waals surface area contributed by atoms with Crippen LogP contribution >= 0.6 is 0 Å². The molecule has 2 atom stereocenters. The molecule has 0 radical (unpaired) electrons. The molecule has 2 aliphatic rings. The van der Waals surface area contributed by atoms with Crippen LogP contribution in [0.4, 0.5) is 11.4 Å². The lowest BCUT2D eigenvalue weighted by Crippen LogP contribution is -2.60. The lowest BCUT2D eigenvalue weighted by Gasteiger charge is -2.43. The van der Waals surface area contributed by atoms with Gasteiger partial charge in [0.15, 0.2) is 0 Å². The number of hydrogen-bond acceptors (Lipinski definition) is 8. The van der Waals surface area contributed by atoms with Crippen LogP contribution in [-0.4, -0.2) is 66.0 Å². The Labute approximate surface area is 199 Å². The first-order valence-electron chi connectivity index (χ1n) is 11.8. The number of anilines is 2. The highest BCUT2D eigenvalue weighted by molar-refractivity contribution is 5.95. The van der Waals surface area contributed by atoms with E-state index < -0.39 is 0 Å². The van der Waals surface area contributed by atoms with Gasteiger partial charge < -0.3 is 25.0 Å². The maximum atomic E-state index is 9.45. The van der Waals surface area contributed by atoms with Crippen LogP contribution in [-0.2, 0) is 11.3 Å². The Morgan fingerprint density at radius 3 is 2.82 bits per heavy atom. The van der Waals surface area contributed by atoms with Gasteiger partial charge in [-0.15, -0.1) is 0 Å². The molecule has 176 valence electrons. The molecular formula is C26H30N6O2. The summed E-state index contributed by atoms with van der Waals surface area (Å²) in [6.07, 6.45) is 1.92. The quantitative estimate of drug-likeness (QED) is 0.581. The van der Waals surface area contributed by atoms with Gasteiger partial charge in [-0.1, -0.05) is 0 Å². The molecule has 0 bridgehead atoms. The summed E-state index contributed by atoms with van der Waals surface area (Å²) in [6, 6.07) is 14.5. The number of morpholine rings is 1. The Bertz CT molecular complexity index is 1220. The average Bonchev–Trinajstić information content (AvgIpc) is 2.81. The number of nitrogens with one attached hydrogen (secondary N) is 1. The smallest absolute Gasteiger partial charge is 0.101 e. The minimum absolute atomic E-state index is 0.0392. The van der Waals surface area contributed by atoms with Crippen LogP contribution in [0.5, 0.6) is 0 Å². The van der Waals surface area contributed by atoms with Gasteiger partial charge in [-0.25, -0.2) is 0 Å². The third-order valence-corrected chi connectivity index (χ3v) is 6.57. The van der Waals surface area contributed by atoms with Gasteiger partial charge in [0.1, 0.15) is 6.07 Å². The second kappa shape index (κ2) is 9.55. The van der Waals surface area contributed by atoms with E-state index in [9.17, 15) is 10.4 Å². The summed E-state index contributed by atoms with van der Waals surface area (Å²) in [5.41, 5.74) is 5.20. The zero-order valence-electron chi connectivity index (χ0n) is 19.6. The number of aromatic nitrogens is 2. The van der Waals surface area contributed by atoms with Gasteiger partial charge in [-0.3, -0.25) is 9.97 Å². The fraction of sp³-hybridized carbons (Fsp3) is 0.423. The van der Waals surface area contributed by atoms with Crippen molar-refractivity contribution in [1.82, 2.24) is 15.3 Å². The molecule has 2 saturated heterocycles. The summed E-state index contributed by atoms with van der Waals surface area (Å²) < 4.78 is 6.25. The number of aryl methyl sites for hydroxylation is 1. The van der Waals surface area contributed by atoms with Gasteiger partial charge in [0.05, 0.1) is 35.6 Å². The van der Waals surface area contributed by atoms with Crippen molar-refractivity contribution in [2.75, 3.05) is 42.5 Å².